The van der Waals surface area contributed by atoms with Crippen LogP contribution in [0.25, 0.3) is 10.2 Å². The molecule has 2 aromatic heterocycles. The lowest BCUT2D eigenvalue weighted by atomic mass is 10.2. The van der Waals surface area contributed by atoms with Gasteiger partial charge in [0.05, 0.1) is 10.2 Å². The van der Waals surface area contributed by atoms with Gasteiger partial charge in [0.2, 0.25) is 0 Å². The minimum absolute atomic E-state index is 0.0807. The molecule has 64 valence electrons. The molecule has 0 amide bonds. The van der Waals surface area contributed by atoms with Crippen LogP contribution in [0.15, 0.2) is 36.4 Å². The molecule has 0 radical (unpaired) electrons. The van der Waals surface area contributed by atoms with E-state index in [0.29, 0.717) is 5.56 Å². The molecule has 13 heavy (non-hydrogen) atoms. The van der Waals surface area contributed by atoms with Crippen molar-refractivity contribution < 1.29 is 4.79 Å². The van der Waals surface area contributed by atoms with Crippen molar-refractivity contribution in [1.82, 2.24) is 4.98 Å². The number of hydrogen-bond donors (Lipinski definition) is 0. The van der Waals surface area contributed by atoms with E-state index in [4.69, 9.17) is 0 Å². The van der Waals surface area contributed by atoms with Gasteiger partial charge < -0.3 is 0 Å². The molecule has 0 fully saturated rings. The second kappa shape index (κ2) is 3.11. The summed E-state index contributed by atoms with van der Waals surface area (Å²) in [4.78, 5) is 15.4. The summed E-state index contributed by atoms with van der Waals surface area (Å²) in [5.74, 6) is -0.0807. The molecule has 0 saturated carbocycles. The third-order valence-electron chi connectivity index (χ3n) is 1.77. The lowest BCUT2D eigenvalue weighted by Gasteiger charge is -1.94. The van der Waals surface area contributed by atoms with Crippen LogP contribution in [0.1, 0.15) is 10.4 Å². The Hall–Kier alpha value is -1.48. The summed E-state index contributed by atoms with van der Waals surface area (Å²) in [6, 6.07) is 3.78. The largest absolute Gasteiger partial charge is 0.289 e. The van der Waals surface area contributed by atoms with Crippen LogP contribution in [0.4, 0.5) is 0 Å². The smallest absolute Gasteiger partial charge is 0.186 e. The van der Waals surface area contributed by atoms with Crippen LogP contribution in [0, 0.1) is 0 Å². The molecular formula is C10H7NOS. The number of carbonyl (C=O) groups excluding carboxylic acids is 1. The Morgan fingerprint density at radius 2 is 2.46 bits per heavy atom. The molecule has 0 bridgehead atoms. The van der Waals surface area contributed by atoms with Crippen molar-refractivity contribution in [2.45, 2.75) is 0 Å². The summed E-state index contributed by atoms with van der Waals surface area (Å²) in [7, 11) is 0. The standard InChI is InChI=1S/C10H7NOS/c1-2-9(12)7-5-10-8(11-6-7)3-4-13-10/h2-6H,1H2. The number of fused-ring (bicyclic) bond motifs is 1. The quantitative estimate of drug-likeness (QED) is 0.537. The molecule has 0 saturated heterocycles. The molecule has 2 aromatic rings. The van der Waals surface area contributed by atoms with Crippen molar-refractivity contribution in [2.75, 3.05) is 0 Å². The SMILES string of the molecule is C=CC(=O)c1cnc2ccsc2c1. The average Bonchev–Trinajstić information content (AvgIpc) is 2.63. The van der Waals surface area contributed by atoms with E-state index in [0.717, 1.165) is 10.2 Å². The molecule has 0 aromatic carbocycles. The van der Waals surface area contributed by atoms with Gasteiger partial charge in [-0.15, -0.1) is 11.3 Å². The van der Waals surface area contributed by atoms with Crippen LogP contribution in [-0.4, -0.2) is 10.8 Å². The van der Waals surface area contributed by atoms with Gasteiger partial charge in [0, 0.05) is 11.8 Å². The molecule has 2 rings (SSSR count). The fraction of sp³-hybridized carbons (Fsp3) is 0. The van der Waals surface area contributed by atoms with Crippen molar-refractivity contribution in [2.24, 2.45) is 0 Å². The lowest BCUT2D eigenvalue weighted by molar-refractivity contribution is 0.104. The van der Waals surface area contributed by atoms with E-state index >= 15 is 0 Å². The van der Waals surface area contributed by atoms with Crippen LogP contribution in [-0.2, 0) is 0 Å². The van der Waals surface area contributed by atoms with Gasteiger partial charge in [-0.1, -0.05) is 6.58 Å². The fourth-order valence-electron chi connectivity index (χ4n) is 1.10. The molecule has 0 spiro atoms. The number of carbonyl (C=O) groups is 1. The van der Waals surface area contributed by atoms with Gasteiger partial charge in [-0.25, -0.2) is 0 Å². The van der Waals surface area contributed by atoms with E-state index in [9.17, 15) is 4.79 Å². The van der Waals surface area contributed by atoms with Gasteiger partial charge in [-0.2, -0.15) is 0 Å². The number of hydrogen-bond acceptors (Lipinski definition) is 3. The Morgan fingerprint density at radius 1 is 1.62 bits per heavy atom. The van der Waals surface area contributed by atoms with Crippen LogP contribution >= 0.6 is 11.3 Å². The molecular weight excluding hydrogens is 182 g/mol. The highest BCUT2D eigenvalue weighted by atomic mass is 32.1. The van der Waals surface area contributed by atoms with Crippen molar-refractivity contribution >= 4 is 27.3 Å². The number of ketones is 1. The Bertz CT molecular complexity index is 472. The third-order valence-corrected chi connectivity index (χ3v) is 2.63. The van der Waals surface area contributed by atoms with Crippen LogP contribution in [0.3, 0.4) is 0 Å². The van der Waals surface area contributed by atoms with E-state index in [-0.39, 0.29) is 5.78 Å². The van der Waals surface area contributed by atoms with Gasteiger partial charge >= 0.3 is 0 Å². The number of allylic oxidation sites excluding steroid dienone is 1. The number of thiophene rings is 1. The molecule has 0 atom stereocenters. The highest BCUT2D eigenvalue weighted by Gasteiger charge is 2.03. The van der Waals surface area contributed by atoms with Crippen molar-refractivity contribution in [3.63, 3.8) is 0 Å². The molecule has 0 N–H and O–H groups in total. The van der Waals surface area contributed by atoms with Crippen molar-refractivity contribution in [3.05, 3.63) is 41.9 Å². The van der Waals surface area contributed by atoms with E-state index in [1.807, 2.05) is 17.5 Å². The summed E-state index contributed by atoms with van der Waals surface area (Å²) >= 11 is 1.58. The Labute approximate surface area is 79.5 Å². The predicted octanol–water partition coefficient (Wildman–Crippen LogP) is 2.67. The predicted molar refractivity (Wildman–Crippen MR) is 54.1 cm³/mol. The molecule has 0 unspecified atom stereocenters. The summed E-state index contributed by atoms with van der Waals surface area (Å²) in [5.41, 5.74) is 1.54. The second-order valence-corrected chi connectivity index (χ2v) is 3.54. The molecule has 0 aliphatic carbocycles. The van der Waals surface area contributed by atoms with Gasteiger partial charge in [0.25, 0.3) is 0 Å². The first-order chi connectivity index (χ1) is 6.31. The zero-order chi connectivity index (χ0) is 9.26. The second-order valence-electron chi connectivity index (χ2n) is 2.60. The fourth-order valence-corrected chi connectivity index (χ4v) is 1.88. The number of pyridine rings is 1. The summed E-state index contributed by atoms with van der Waals surface area (Å²) < 4.78 is 1.03. The Morgan fingerprint density at radius 3 is 3.23 bits per heavy atom. The van der Waals surface area contributed by atoms with Gasteiger partial charge in [-0.3, -0.25) is 9.78 Å². The molecule has 3 heteroatoms. The monoisotopic (exact) mass is 189 g/mol. The van der Waals surface area contributed by atoms with E-state index in [2.05, 4.69) is 11.6 Å². The summed E-state index contributed by atoms with van der Waals surface area (Å²) in [6.07, 6.45) is 2.88. The number of rotatable bonds is 2. The summed E-state index contributed by atoms with van der Waals surface area (Å²) in [6.45, 7) is 3.43. The highest BCUT2D eigenvalue weighted by Crippen LogP contribution is 2.19. The lowest BCUT2D eigenvalue weighted by Crippen LogP contribution is -1.93. The maximum absolute atomic E-state index is 11.2. The first-order valence-corrected chi connectivity index (χ1v) is 4.69. The minimum Gasteiger partial charge on any atom is -0.289 e. The summed E-state index contributed by atoms with van der Waals surface area (Å²) in [5, 5.41) is 1.96. The Kier molecular flexibility index (Phi) is 1.94. The van der Waals surface area contributed by atoms with Crippen LogP contribution in [0.5, 0.6) is 0 Å². The minimum atomic E-state index is -0.0807. The van der Waals surface area contributed by atoms with Crippen molar-refractivity contribution in [3.8, 4) is 0 Å². The highest BCUT2D eigenvalue weighted by molar-refractivity contribution is 7.17. The Balaban J connectivity index is 2.60. The van der Waals surface area contributed by atoms with Gasteiger partial charge in [-0.05, 0) is 23.6 Å². The van der Waals surface area contributed by atoms with Gasteiger partial charge in [0.15, 0.2) is 5.78 Å². The molecule has 2 heterocycles. The normalized spacial score (nSPS) is 10.2. The first kappa shape index (κ1) is 8.13. The van der Waals surface area contributed by atoms with E-state index < -0.39 is 0 Å². The topological polar surface area (TPSA) is 30.0 Å². The average molecular weight is 189 g/mol. The third kappa shape index (κ3) is 1.38. The van der Waals surface area contributed by atoms with Crippen LogP contribution < -0.4 is 0 Å². The van der Waals surface area contributed by atoms with Crippen LogP contribution in [0.2, 0.25) is 0 Å². The maximum atomic E-state index is 11.2. The first-order valence-electron chi connectivity index (χ1n) is 3.81. The zero-order valence-electron chi connectivity index (χ0n) is 6.86. The zero-order valence-corrected chi connectivity index (χ0v) is 7.67. The maximum Gasteiger partial charge on any atom is 0.186 e. The molecule has 2 nitrogen and oxygen atoms in total. The van der Waals surface area contributed by atoms with E-state index in [1.54, 1.807) is 17.5 Å². The van der Waals surface area contributed by atoms with Gasteiger partial charge in [0.1, 0.15) is 0 Å². The number of nitrogens with zero attached hydrogens (tertiary/aromatic N) is 1. The molecule has 0 aliphatic rings. The number of aromatic nitrogens is 1. The molecule has 0 aliphatic heterocycles. The van der Waals surface area contributed by atoms with Crippen molar-refractivity contribution in [1.29, 1.82) is 0 Å². The van der Waals surface area contributed by atoms with E-state index in [1.165, 1.54) is 6.08 Å².